The molecule has 6 nitrogen and oxygen atoms in total. The van der Waals surface area contributed by atoms with Gasteiger partial charge in [0.15, 0.2) is 6.10 Å². The van der Waals surface area contributed by atoms with Gasteiger partial charge in [-0.1, -0.05) is 251 Å². The third kappa shape index (κ3) is 56.6. The zero-order valence-electron chi connectivity index (χ0n) is 45.9. The molecule has 0 aliphatic rings. The molecule has 1 atom stereocenters. The topological polar surface area (TPSA) is 78.9 Å². The molecule has 0 fully saturated rings. The van der Waals surface area contributed by atoms with Crippen molar-refractivity contribution < 1.29 is 28.6 Å². The number of esters is 3. The smallest absolute Gasteiger partial charge is 0.306 e. The Morgan fingerprint density at radius 2 is 0.634 bits per heavy atom. The van der Waals surface area contributed by atoms with Crippen molar-refractivity contribution in [3.05, 3.63) is 122 Å². The molecular formula is C65H106O6. The van der Waals surface area contributed by atoms with Crippen molar-refractivity contribution in [2.75, 3.05) is 13.2 Å². The molecule has 0 heterocycles. The molecule has 0 radical (unpaired) electrons. The molecule has 0 saturated heterocycles. The van der Waals surface area contributed by atoms with Gasteiger partial charge in [-0.05, 0) is 103 Å². The summed E-state index contributed by atoms with van der Waals surface area (Å²) in [6.07, 6.45) is 80.4. The van der Waals surface area contributed by atoms with E-state index in [4.69, 9.17) is 14.2 Å². The number of hydrogen-bond acceptors (Lipinski definition) is 6. The molecule has 0 aromatic carbocycles. The largest absolute Gasteiger partial charge is 0.462 e. The molecule has 71 heavy (non-hydrogen) atoms. The minimum absolute atomic E-state index is 0.104. The van der Waals surface area contributed by atoms with E-state index in [9.17, 15) is 14.4 Å². The highest BCUT2D eigenvalue weighted by Crippen LogP contribution is 2.14. The number of rotatable bonds is 51. The molecule has 0 spiro atoms. The van der Waals surface area contributed by atoms with E-state index >= 15 is 0 Å². The summed E-state index contributed by atoms with van der Waals surface area (Å²) in [6, 6.07) is 0. The Morgan fingerprint density at radius 1 is 0.310 bits per heavy atom. The van der Waals surface area contributed by atoms with E-state index in [0.717, 1.165) is 116 Å². The summed E-state index contributed by atoms with van der Waals surface area (Å²) >= 11 is 0. The average Bonchev–Trinajstić information content (AvgIpc) is 3.37. The lowest BCUT2D eigenvalue weighted by molar-refractivity contribution is -0.167. The summed E-state index contributed by atoms with van der Waals surface area (Å²) < 4.78 is 16.8. The van der Waals surface area contributed by atoms with Gasteiger partial charge in [0.1, 0.15) is 13.2 Å². The van der Waals surface area contributed by atoms with Crippen LogP contribution in [0, 0.1) is 0 Å². The molecule has 0 aromatic rings. The monoisotopic (exact) mass is 983 g/mol. The normalized spacial score (nSPS) is 13.0. The summed E-state index contributed by atoms with van der Waals surface area (Å²) in [4.78, 5) is 38.2. The van der Waals surface area contributed by atoms with Crippen LogP contribution in [0.4, 0.5) is 0 Å². The van der Waals surface area contributed by atoms with Crippen molar-refractivity contribution in [2.24, 2.45) is 0 Å². The van der Waals surface area contributed by atoms with Crippen molar-refractivity contribution >= 4 is 17.9 Å². The minimum atomic E-state index is -0.811. The number of carbonyl (C=O) groups excluding carboxylic acids is 3. The number of allylic oxidation sites excluding steroid dienone is 20. The molecule has 0 amide bonds. The highest BCUT2D eigenvalue weighted by atomic mass is 16.6. The van der Waals surface area contributed by atoms with Crippen LogP contribution in [0.5, 0.6) is 0 Å². The first-order chi connectivity index (χ1) is 35.0. The molecule has 0 aliphatic carbocycles. The van der Waals surface area contributed by atoms with Crippen molar-refractivity contribution in [2.45, 2.75) is 258 Å². The maximum absolute atomic E-state index is 12.9. The van der Waals surface area contributed by atoms with Gasteiger partial charge in [-0.15, -0.1) is 0 Å². The predicted molar refractivity (Wildman–Crippen MR) is 306 cm³/mol. The number of hydrogen-bond donors (Lipinski definition) is 0. The Balaban J connectivity index is 4.51. The molecule has 6 heteroatoms. The number of carbonyl (C=O) groups is 3. The van der Waals surface area contributed by atoms with E-state index in [0.29, 0.717) is 12.8 Å². The molecule has 402 valence electrons. The molecule has 0 saturated carbocycles. The van der Waals surface area contributed by atoms with Crippen LogP contribution in [-0.2, 0) is 28.6 Å². The van der Waals surface area contributed by atoms with Crippen LogP contribution < -0.4 is 0 Å². The third-order valence-electron chi connectivity index (χ3n) is 12.0. The molecule has 0 N–H and O–H groups in total. The van der Waals surface area contributed by atoms with Crippen molar-refractivity contribution in [1.82, 2.24) is 0 Å². The van der Waals surface area contributed by atoms with Gasteiger partial charge in [0.05, 0.1) is 0 Å². The predicted octanol–water partition coefficient (Wildman–Crippen LogP) is 19.6. The van der Waals surface area contributed by atoms with E-state index in [1.54, 1.807) is 0 Å². The zero-order chi connectivity index (χ0) is 51.4. The van der Waals surface area contributed by atoms with Crippen molar-refractivity contribution in [3.63, 3.8) is 0 Å². The van der Waals surface area contributed by atoms with Crippen LogP contribution in [0.25, 0.3) is 0 Å². The van der Waals surface area contributed by atoms with Crippen LogP contribution in [0.15, 0.2) is 122 Å². The highest BCUT2D eigenvalue weighted by molar-refractivity contribution is 5.71. The average molecular weight is 984 g/mol. The van der Waals surface area contributed by atoms with E-state index in [2.05, 4.69) is 118 Å². The lowest BCUT2D eigenvalue weighted by Gasteiger charge is -2.18. The fourth-order valence-corrected chi connectivity index (χ4v) is 7.69. The van der Waals surface area contributed by atoms with Gasteiger partial charge < -0.3 is 14.2 Å². The van der Waals surface area contributed by atoms with E-state index in [1.165, 1.54) is 96.3 Å². The number of unbranched alkanes of at least 4 members (excludes halogenated alkanes) is 24. The Bertz CT molecular complexity index is 1500. The van der Waals surface area contributed by atoms with E-state index < -0.39 is 6.10 Å². The van der Waals surface area contributed by atoms with Crippen molar-refractivity contribution in [1.29, 1.82) is 0 Å². The first-order valence-electron chi connectivity index (χ1n) is 29.1. The summed E-state index contributed by atoms with van der Waals surface area (Å²) in [6.45, 7) is 6.39. The van der Waals surface area contributed by atoms with Crippen molar-refractivity contribution in [3.8, 4) is 0 Å². The second-order valence-corrected chi connectivity index (χ2v) is 18.9. The lowest BCUT2D eigenvalue weighted by atomic mass is 10.1. The Kier molecular flexibility index (Phi) is 54.9. The molecule has 1 unspecified atom stereocenters. The second kappa shape index (κ2) is 58.4. The summed E-state index contributed by atoms with van der Waals surface area (Å²) in [7, 11) is 0. The van der Waals surface area contributed by atoms with Crippen LogP contribution in [-0.4, -0.2) is 37.2 Å². The maximum Gasteiger partial charge on any atom is 0.306 e. The third-order valence-corrected chi connectivity index (χ3v) is 12.0. The van der Waals surface area contributed by atoms with Gasteiger partial charge in [0.2, 0.25) is 0 Å². The summed E-state index contributed by atoms with van der Waals surface area (Å²) in [5.41, 5.74) is 0. The quantitative estimate of drug-likeness (QED) is 0.0199. The fraction of sp³-hybridized carbons (Fsp3) is 0.646. The van der Waals surface area contributed by atoms with Gasteiger partial charge >= 0.3 is 17.9 Å². The maximum atomic E-state index is 12.9. The molecule has 0 aliphatic heterocycles. The van der Waals surface area contributed by atoms with Crippen LogP contribution >= 0.6 is 0 Å². The number of ether oxygens (including phenoxy) is 3. The molecule has 0 bridgehead atoms. The van der Waals surface area contributed by atoms with E-state index in [1.807, 2.05) is 24.3 Å². The van der Waals surface area contributed by atoms with Gasteiger partial charge in [0.25, 0.3) is 0 Å². The Morgan fingerprint density at radius 3 is 1.07 bits per heavy atom. The second-order valence-electron chi connectivity index (χ2n) is 18.9. The van der Waals surface area contributed by atoms with Gasteiger partial charge in [-0.2, -0.15) is 0 Å². The van der Waals surface area contributed by atoms with Crippen LogP contribution in [0.1, 0.15) is 252 Å². The van der Waals surface area contributed by atoms with Gasteiger partial charge in [-0.3, -0.25) is 14.4 Å². The van der Waals surface area contributed by atoms with Crippen LogP contribution in [0.3, 0.4) is 0 Å². The SMILES string of the molecule is CC/C=C\C/C=C\C/C=C\C/C=C\CCCCCC(=O)OCC(COC(=O)CCCCCCCCC/C=C\CCCCCCCCCC)OC(=O)CCCCCCC\C=C/C=C\C=C/C=C\C=C/CCC. The van der Waals surface area contributed by atoms with Crippen LogP contribution in [0.2, 0.25) is 0 Å². The Hall–Kier alpha value is -4.19. The zero-order valence-corrected chi connectivity index (χ0v) is 45.9. The summed E-state index contributed by atoms with van der Waals surface area (Å²) in [5, 5.41) is 0. The lowest BCUT2D eigenvalue weighted by Crippen LogP contribution is -2.30. The summed E-state index contributed by atoms with van der Waals surface area (Å²) in [5.74, 6) is -0.966. The van der Waals surface area contributed by atoms with Gasteiger partial charge in [0, 0.05) is 19.3 Å². The standard InChI is InChI=1S/C65H106O6/c1-4-7-10-13-16-19-22-25-28-31-33-35-37-40-43-46-49-52-55-58-64(67)70-61-62(60-69-63(66)57-54-51-48-45-42-39-36-30-27-24-21-18-15-12-9-6-3)71-65(68)59-56-53-50-47-44-41-38-34-32-29-26-23-20-17-14-11-8-5-2/h9,11-12,14,17-18,20-21,23,26-27,29-34,38-39,42,62H,4-8,10,13,15-16,19,22,24-25,28,35-37,40-41,43-61H2,1-3H3/b12-9-,14-11-,20-17-,21-18-,26-23-,30-27-,32-29-,33-31-,38-34-,42-39-. The molecule has 0 rings (SSSR count). The van der Waals surface area contributed by atoms with Gasteiger partial charge in [-0.25, -0.2) is 0 Å². The first-order valence-corrected chi connectivity index (χ1v) is 29.1. The fourth-order valence-electron chi connectivity index (χ4n) is 7.69. The molecular weight excluding hydrogens is 877 g/mol. The van der Waals surface area contributed by atoms with E-state index in [-0.39, 0.29) is 37.5 Å². The highest BCUT2D eigenvalue weighted by Gasteiger charge is 2.19. The Labute approximate surface area is 437 Å². The first kappa shape index (κ1) is 66.8. The minimum Gasteiger partial charge on any atom is -0.462 e. The molecule has 0 aromatic heterocycles.